The van der Waals surface area contributed by atoms with Gasteiger partial charge < -0.3 is 20.8 Å². The summed E-state index contributed by atoms with van der Waals surface area (Å²) in [5.41, 5.74) is 3.08. The van der Waals surface area contributed by atoms with Gasteiger partial charge in [-0.3, -0.25) is 9.59 Å². The number of carbonyl (C=O) groups excluding carboxylic acids is 2. The number of para-hydroxylation sites is 1. The number of hydrogen-bond donors (Lipinski definition) is 4. The zero-order chi connectivity index (χ0) is 22.2. The number of phenolic OH excluding ortho intramolecular Hbond substituents is 2. The van der Waals surface area contributed by atoms with Crippen LogP contribution in [0.5, 0.6) is 11.5 Å². The van der Waals surface area contributed by atoms with E-state index in [1.165, 1.54) is 23.8 Å². The Bertz CT molecular complexity index is 1030. The van der Waals surface area contributed by atoms with Crippen molar-refractivity contribution in [1.29, 1.82) is 0 Å². The summed E-state index contributed by atoms with van der Waals surface area (Å²) in [7, 11) is 0. The van der Waals surface area contributed by atoms with E-state index in [0.29, 0.717) is 19.4 Å². The first-order valence-electron chi connectivity index (χ1n) is 10.1. The van der Waals surface area contributed by atoms with Gasteiger partial charge in [0.15, 0.2) is 11.5 Å². The molecule has 160 valence electrons. The first-order chi connectivity index (χ1) is 14.9. The van der Waals surface area contributed by atoms with Gasteiger partial charge >= 0.3 is 0 Å². The number of hydrogen-bond acceptors (Lipinski definition) is 4. The number of nitrogens with one attached hydrogen (secondary N) is 2. The summed E-state index contributed by atoms with van der Waals surface area (Å²) >= 11 is 0. The Balaban J connectivity index is 1.69. The molecular weight excluding hydrogens is 392 g/mol. The zero-order valence-corrected chi connectivity index (χ0v) is 17.3. The average Bonchev–Trinajstić information content (AvgIpc) is 2.77. The van der Waals surface area contributed by atoms with Crippen molar-refractivity contribution in [2.24, 2.45) is 0 Å². The molecule has 0 radical (unpaired) electrons. The first-order valence-corrected chi connectivity index (χ1v) is 10.1. The number of aromatic hydroxyl groups is 2. The number of carbonyl (C=O) groups is 2. The molecule has 0 bridgehead atoms. The van der Waals surface area contributed by atoms with Gasteiger partial charge in [-0.05, 0) is 36.6 Å². The fourth-order valence-corrected chi connectivity index (χ4v) is 3.22. The van der Waals surface area contributed by atoms with Gasteiger partial charge in [0.25, 0.3) is 5.91 Å². The van der Waals surface area contributed by atoms with Crippen molar-refractivity contribution in [3.63, 3.8) is 0 Å². The smallest absolute Gasteiger partial charge is 0.255 e. The summed E-state index contributed by atoms with van der Waals surface area (Å²) in [5, 5.41) is 25.2. The molecule has 0 spiro atoms. The van der Waals surface area contributed by atoms with Crippen LogP contribution in [0.4, 0.5) is 0 Å². The van der Waals surface area contributed by atoms with E-state index in [4.69, 9.17) is 0 Å². The maximum atomic E-state index is 12.9. The maximum absolute atomic E-state index is 12.9. The molecule has 6 nitrogen and oxygen atoms in total. The van der Waals surface area contributed by atoms with Crippen molar-refractivity contribution < 1.29 is 19.8 Å². The highest BCUT2D eigenvalue weighted by molar-refractivity contribution is 6.00. The Morgan fingerprint density at radius 1 is 0.871 bits per heavy atom. The van der Waals surface area contributed by atoms with Crippen molar-refractivity contribution in [1.82, 2.24) is 10.6 Å². The second-order valence-corrected chi connectivity index (χ2v) is 7.42. The van der Waals surface area contributed by atoms with Crippen molar-refractivity contribution in [2.45, 2.75) is 25.8 Å². The number of aryl methyl sites for hydroxylation is 1. The molecule has 0 aliphatic carbocycles. The van der Waals surface area contributed by atoms with Gasteiger partial charge in [0.2, 0.25) is 5.91 Å². The average molecular weight is 418 g/mol. The van der Waals surface area contributed by atoms with Crippen molar-refractivity contribution >= 4 is 11.8 Å². The van der Waals surface area contributed by atoms with Crippen LogP contribution in [0.1, 0.15) is 27.0 Å². The van der Waals surface area contributed by atoms with Crippen molar-refractivity contribution in [2.75, 3.05) is 6.54 Å². The fourth-order valence-electron chi connectivity index (χ4n) is 3.22. The third kappa shape index (κ3) is 6.09. The van der Waals surface area contributed by atoms with Crippen LogP contribution >= 0.6 is 0 Å². The molecule has 0 heterocycles. The molecule has 0 saturated heterocycles. The molecule has 3 rings (SSSR count). The molecule has 2 amide bonds. The van der Waals surface area contributed by atoms with Crippen LogP contribution in [0.2, 0.25) is 0 Å². The lowest BCUT2D eigenvalue weighted by Crippen LogP contribution is -2.48. The van der Waals surface area contributed by atoms with Crippen LogP contribution < -0.4 is 10.6 Å². The highest BCUT2D eigenvalue weighted by Crippen LogP contribution is 2.28. The standard InChI is InChI=1S/C25H26N2O4/c1-17-10-12-18(13-11-17)14-15-26-25(31)21(16-19-6-3-2-4-7-19)27-24(30)20-8-5-9-22(28)23(20)29/h2-13,21,28-29H,14-16H2,1H3,(H,26,31)(H,27,30)/t21-/m0/s1. The molecule has 4 N–H and O–H groups in total. The van der Waals surface area contributed by atoms with Gasteiger partial charge in [-0.15, -0.1) is 0 Å². The predicted octanol–water partition coefficient (Wildman–Crippen LogP) is 3.11. The van der Waals surface area contributed by atoms with Crippen LogP contribution in [-0.4, -0.2) is 34.6 Å². The highest BCUT2D eigenvalue weighted by atomic mass is 16.3. The predicted molar refractivity (Wildman–Crippen MR) is 119 cm³/mol. The van der Waals surface area contributed by atoms with E-state index in [9.17, 15) is 19.8 Å². The summed E-state index contributed by atoms with van der Waals surface area (Å²) < 4.78 is 0. The topological polar surface area (TPSA) is 98.7 Å². The lowest BCUT2D eigenvalue weighted by molar-refractivity contribution is -0.122. The molecule has 0 unspecified atom stereocenters. The third-order valence-electron chi connectivity index (χ3n) is 5.00. The van der Waals surface area contributed by atoms with Gasteiger partial charge in [0, 0.05) is 13.0 Å². The van der Waals surface area contributed by atoms with E-state index in [1.807, 2.05) is 61.5 Å². The number of rotatable bonds is 8. The Hall–Kier alpha value is -3.80. The van der Waals surface area contributed by atoms with Gasteiger partial charge in [0.1, 0.15) is 6.04 Å². The molecule has 6 heteroatoms. The van der Waals surface area contributed by atoms with Crippen LogP contribution in [0.15, 0.2) is 72.8 Å². The van der Waals surface area contributed by atoms with Crippen LogP contribution in [0.3, 0.4) is 0 Å². The van der Waals surface area contributed by atoms with Gasteiger partial charge in [-0.1, -0.05) is 66.2 Å². The molecule has 0 fully saturated rings. The summed E-state index contributed by atoms with van der Waals surface area (Å²) in [6, 6.07) is 20.8. The minimum Gasteiger partial charge on any atom is -0.504 e. The molecule has 1 atom stereocenters. The minimum absolute atomic E-state index is 0.0921. The monoisotopic (exact) mass is 418 g/mol. The van der Waals surface area contributed by atoms with Crippen molar-refractivity contribution in [3.8, 4) is 11.5 Å². The second kappa shape index (κ2) is 10.3. The Labute approximate surface area is 181 Å². The number of amides is 2. The highest BCUT2D eigenvalue weighted by Gasteiger charge is 2.23. The summed E-state index contributed by atoms with van der Waals surface area (Å²) in [6.45, 7) is 2.45. The maximum Gasteiger partial charge on any atom is 0.255 e. The quantitative estimate of drug-likeness (QED) is 0.423. The fraction of sp³-hybridized carbons (Fsp3) is 0.200. The largest absolute Gasteiger partial charge is 0.504 e. The minimum atomic E-state index is -0.838. The van der Waals surface area contributed by atoms with E-state index in [2.05, 4.69) is 10.6 Å². The Kier molecular flexibility index (Phi) is 7.27. The molecule has 3 aromatic rings. The van der Waals surface area contributed by atoms with Crippen LogP contribution in [-0.2, 0) is 17.6 Å². The molecular formula is C25H26N2O4. The van der Waals surface area contributed by atoms with Crippen LogP contribution in [0.25, 0.3) is 0 Å². The lowest BCUT2D eigenvalue weighted by atomic mass is 10.0. The van der Waals surface area contributed by atoms with Gasteiger partial charge in [0.05, 0.1) is 5.56 Å². The Morgan fingerprint density at radius 2 is 1.58 bits per heavy atom. The van der Waals surface area contributed by atoms with E-state index < -0.39 is 23.4 Å². The summed E-state index contributed by atoms with van der Waals surface area (Å²) in [6.07, 6.45) is 0.966. The summed E-state index contributed by atoms with van der Waals surface area (Å²) in [5.74, 6) is -1.86. The van der Waals surface area contributed by atoms with E-state index in [1.54, 1.807) is 0 Å². The van der Waals surface area contributed by atoms with Gasteiger partial charge in [-0.2, -0.15) is 0 Å². The Morgan fingerprint density at radius 3 is 2.29 bits per heavy atom. The number of phenols is 2. The molecule has 0 aliphatic rings. The molecule has 0 saturated carbocycles. The van der Waals surface area contributed by atoms with Gasteiger partial charge in [-0.25, -0.2) is 0 Å². The normalized spacial score (nSPS) is 11.5. The number of benzene rings is 3. The van der Waals surface area contributed by atoms with E-state index in [-0.39, 0.29) is 11.5 Å². The molecule has 3 aromatic carbocycles. The van der Waals surface area contributed by atoms with Crippen LogP contribution in [0, 0.1) is 6.92 Å². The lowest BCUT2D eigenvalue weighted by Gasteiger charge is -2.19. The van der Waals surface area contributed by atoms with E-state index in [0.717, 1.165) is 11.1 Å². The molecule has 31 heavy (non-hydrogen) atoms. The second-order valence-electron chi connectivity index (χ2n) is 7.42. The zero-order valence-electron chi connectivity index (χ0n) is 17.3. The SMILES string of the molecule is Cc1ccc(CCNC(=O)[C@H](Cc2ccccc2)NC(=O)c2cccc(O)c2O)cc1. The summed E-state index contributed by atoms with van der Waals surface area (Å²) in [4.78, 5) is 25.6. The third-order valence-corrected chi connectivity index (χ3v) is 5.00. The van der Waals surface area contributed by atoms with Crippen molar-refractivity contribution in [3.05, 3.63) is 95.1 Å². The molecule has 0 aromatic heterocycles. The first kappa shape index (κ1) is 21.9. The molecule has 0 aliphatic heterocycles. The van der Waals surface area contributed by atoms with E-state index >= 15 is 0 Å².